The Morgan fingerprint density at radius 3 is 2.68 bits per heavy atom. The molecule has 0 saturated carbocycles. The van der Waals surface area contributed by atoms with E-state index in [0.29, 0.717) is 6.42 Å². The van der Waals surface area contributed by atoms with Crippen LogP contribution in [0.25, 0.3) is 10.8 Å². The van der Waals surface area contributed by atoms with Crippen LogP contribution in [0.5, 0.6) is 0 Å². The summed E-state index contributed by atoms with van der Waals surface area (Å²) in [6.45, 7) is 16.8. The Kier molecular flexibility index (Phi) is 6.50. The van der Waals surface area contributed by atoms with Gasteiger partial charge in [0.2, 0.25) is 0 Å². The quantitative estimate of drug-likeness (QED) is 0.359. The van der Waals surface area contributed by atoms with E-state index in [9.17, 15) is 5.11 Å². The molecule has 1 heterocycles. The third kappa shape index (κ3) is 4.10. The maximum absolute atomic E-state index is 10.8. The van der Waals surface area contributed by atoms with E-state index >= 15 is 0 Å². The highest BCUT2D eigenvalue weighted by molar-refractivity contribution is 6.10. The van der Waals surface area contributed by atoms with Crippen LogP contribution < -0.4 is 0 Å². The van der Waals surface area contributed by atoms with Crippen LogP contribution in [0.1, 0.15) is 51.3 Å². The van der Waals surface area contributed by atoms with Gasteiger partial charge in [0, 0.05) is 18.9 Å². The molecular formula is C30H36N2O2. The number of aliphatic imine (C=N–C) groups is 2. The van der Waals surface area contributed by atoms with Crippen molar-refractivity contribution in [3.63, 3.8) is 0 Å². The topological polar surface area (TPSA) is 54.2 Å². The van der Waals surface area contributed by atoms with Gasteiger partial charge in [0.05, 0.1) is 11.8 Å². The highest BCUT2D eigenvalue weighted by Crippen LogP contribution is 2.45. The lowest BCUT2D eigenvalue weighted by atomic mass is 9.73. The molecule has 0 bridgehead atoms. The number of benzene rings is 2. The summed E-state index contributed by atoms with van der Waals surface area (Å²) in [5, 5.41) is 13.4. The van der Waals surface area contributed by atoms with Crippen LogP contribution in [0, 0.1) is 17.3 Å². The first-order valence-electron chi connectivity index (χ1n) is 12.1. The molecule has 178 valence electrons. The van der Waals surface area contributed by atoms with Gasteiger partial charge in [-0.25, -0.2) is 4.99 Å². The van der Waals surface area contributed by atoms with Gasteiger partial charge >= 0.3 is 0 Å². The second-order valence-corrected chi connectivity index (χ2v) is 10.2. The Morgan fingerprint density at radius 2 is 1.97 bits per heavy atom. The molecule has 1 N–H and O–H groups in total. The minimum Gasteiger partial charge on any atom is -0.365 e. The molecule has 0 radical (unpaired) electrons. The Labute approximate surface area is 203 Å². The maximum atomic E-state index is 10.8. The summed E-state index contributed by atoms with van der Waals surface area (Å²) >= 11 is 0. The number of fused-ring (bicyclic) bond motifs is 5. The molecule has 0 amide bonds. The second kappa shape index (κ2) is 9.09. The molecule has 0 aromatic heterocycles. The Bertz CT molecular complexity index is 1210. The molecule has 1 aliphatic heterocycles. The number of allylic oxidation sites excluding steroid dienone is 4. The molecule has 3 unspecified atom stereocenters. The van der Waals surface area contributed by atoms with Crippen molar-refractivity contribution in [1.29, 1.82) is 0 Å². The largest absolute Gasteiger partial charge is 0.365 e. The van der Waals surface area contributed by atoms with Crippen LogP contribution in [-0.2, 0) is 11.2 Å². The molecule has 4 heteroatoms. The Balaban J connectivity index is 1.55. The van der Waals surface area contributed by atoms with Crippen molar-refractivity contribution in [3.05, 3.63) is 84.0 Å². The third-order valence-electron chi connectivity index (χ3n) is 8.04. The average Bonchev–Trinajstić information content (AvgIpc) is 3.25. The van der Waals surface area contributed by atoms with Gasteiger partial charge in [0.25, 0.3) is 0 Å². The average molecular weight is 457 g/mol. The molecule has 0 spiro atoms. The minimum atomic E-state index is -1.18. The number of aliphatic hydroxyl groups is 1. The number of nitrogens with zero attached hydrogens (tertiary/aromatic N) is 2. The van der Waals surface area contributed by atoms with Gasteiger partial charge in [-0.3, -0.25) is 4.99 Å². The van der Waals surface area contributed by atoms with Gasteiger partial charge in [-0.1, -0.05) is 89.4 Å². The lowest BCUT2D eigenvalue weighted by Crippen LogP contribution is -2.44. The predicted octanol–water partition coefficient (Wildman–Crippen LogP) is 6.61. The molecule has 0 saturated heterocycles. The minimum absolute atomic E-state index is 0.0679. The fourth-order valence-electron chi connectivity index (χ4n) is 5.33. The summed E-state index contributed by atoms with van der Waals surface area (Å²) < 4.78 is 5.44. The van der Waals surface area contributed by atoms with Crippen molar-refractivity contribution in [2.45, 2.75) is 52.4 Å². The van der Waals surface area contributed by atoms with Gasteiger partial charge in [-0.05, 0) is 51.3 Å². The van der Waals surface area contributed by atoms with Crippen molar-refractivity contribution in [2.24, 2.45) is 27.2 Å². The van der Waals surface area contributed by atoms with Crippen molar-refractivity contribution in [3.8, 4) is 0 Å². The number of rotatable bonds is 8. The van der Waals surface area contributed by atoms with E-state index in [-0.39, 0.29) is 23.3 Å². The first-order chi connectivity index (χ1) is 16.1. The van der Waals surface area contributed by atoms with Gasteiger partial charge in [0.1, 0.15) is 6.34 Å². The number of hydrogen-bond donors (Lipinski definition) is 1. The van der Waals surface area contributed by atoms with E-state index in [2.05, 4.69) is 74.5 Å². The second-order valence-electron chi connectivity index (χ2n) is 10.2. The van der Waals surface area contributed by atoms with E-state index in [0.717, 1.165) is 23.3 Å². The number of hydrogen-bond acceptors (Lipinski definition) is 4. The van der Waals surface area contributed by atoms with Crippen LogP contribution in [0.3, 0.4) is 0 Å². The van der Waals surface area contributed by atoms with Crippen LogP contribution in [0.2, 0.25) is 0 Å². The van der Waals surface area contributed by atoms with E-state index in [1.165, 1.54) is 21.9 Å². The SMILES string of the molecule is C=C(/C=C\C(C)(C)[C@H](C)C(O)(CC)OC)C(=C)C1=NC=NC2c3ccc4ccccc4c3CC12. The van der Waals surface area contributed by atoms with E-state index < -0.39 is 5.79 Å². The van der Waals surface area contributed by atoms with Crippen molar-refractivity contribution >= 4 is 22.8 Å². The molecule has 4 atom stereocenters. The fourth-order valence-corrected chi connectivity index (χ4v) is 5.33. The molecule has 2 aromatic rings. The van der Waals surface area contributed by atoms with Crippen LogP contribution >= 0.6 is 0 Å². The van der Waals surface area contributed by atoms with Gasteiger partial charge in [-0.2, -0.15) is 0 Å². The van der Waals surface area contributed by atoms with Gasteiger partial charge in [-0.15, -0.1) is 0 Å². The first kappa shape index (κ1) is 24.3. The lowest BCUT2D eigenvalue weighted by Gasteiger charge is -2.40. The molecule has 0 fully saturated rings. The molecule has 2 aliphatic rings. The van der Waals surface area contributed by atoms with Crippen LogP contribution in [0.15, 0.2) is 82.8 Å². The zero-order valence-corrected chi connectivity index (χ0v) is 21.0. The van der Waals surface area contributed by atoms with Gasteiger partial charge in [0.15, 0.2) is 5.79 Å². The van der Waals surface area contributed by atoms with E-state index in [1.54, 1.807) is 13.4 Å². The maximum Gasteiger partial charge on any atom is 0.168 e. The summed E-state index contributed by atoms with van der Waals surface area (Å²) in [7, 11) is 1.56. The molecule has 4 nitrogen and oxygen atoms in total. The lowest BCUT2D eigenvalue weighted by molar-refractivity contribution is -0.234. The summed E-state index contributed by atoms with van der Waals surface area (Å²) in [4.78, 5) is 9.42. The van der Waals surface area contributed by atoms with Crippen LogP contribution in [-0.4, -0.2) is 30.1 Å². The Morgan fingerprint density at radius 1 is 1.24 bits per heavy atom. The number of methoxy groups -OCH3 is 1. The van der Waals surface area contributed by atoms with Crippen LogP contribution in [0.4, 0.5) is 0 Å². The summed E-state index contributed by atoms with van der Waals surface area (Å²) in [6.07, 6.45) is 7.19. The van der Waals surface area contributed by atoms with Crippen molar-refractivity contribution < 1.29 is 9.84 Å². The van der Waals surface area contributed by atoms with E-state index in [1.807, 2.05) is 19.9 Å². The normalized spacial score (nSPS) is 22.2. The Hall–Kier alpha value is -2.82. The monoisotopic (exact) mass is 456 g/mol. The molecular weight excluding hydrogens is 420 g/mol. The first-order valence-corrected chi connectivity index (χ1v) is 12.1. The summed E-state index contributed by atoms with van der Waals surface area (Å²) in [5.74, 6) is -1.13. The molecule has 4 rings (SSSR count). The van der Waals surface area contributed by atoms with E-state index in [4.69, 9.17) is 9.73 Å². The third-order valence-corrected chi connectivity index (χ3v) is 8.04. The summed E-state index contributed by atoms with van der Waals surface area (Å²) in [5.41, 5.74) is 4.96. The smallest absolute Gasteiger partial charge is 0.168 e. The zero-order chi connectivity index (χ0) is 24.7. The summed E-state index contributed by atoms with van der Waals surface area (Å²) in [6, 6.07) is 13.0. The zero-order valence-electron chi connectivity index (χ0n) is 21.0. The number of ether oxygens (including phenoxy) is 1. The van der Waals surface area contributed by atoms with Gasteiger partial charge < -0.3 is 9.84 Å². The fraction of sp³-hybridized carbons (Fsp3) is 0.400. The predicted molar refractivity (Wildman–Crippen MR) is 142 cm³/mol. The highest BCUT2D eigenvalue weighted by atomic mass is 16.6. The molecule has 1 aliphatic carbocycles. The molecule has 2 aromatic carbocycles. The van der Waals surface area contributed by atoms with Crippen molar-refractivity contribution in [1.82, 2.24) is 0 Å². The highest BCUT2D eigenvalue weighted by Gasteiger charge is 2.41. The molecule has 34 heavy (non-hydrogen) atoms. The standard InChI is InChI=1S/C30H36N2O2/c1-8-30(33,34-7)21(4)29(5,6)16-15-19(2)20(3)27-26-17-25-23-12-10-9-11-22(23)13-14-24(25)28(26)32-18-31-27/h9-16,18,21,26,28,33H,2-3,8,17H2,1,4-7H3/b16-15-/t21-,26?,28?,30?/m0/s1. The van der Waals surface area contributed by atoms with Crippen molar-refractivity contribution in [2.75, 3.05) is 7.11 Å².